The zero-order valence-corrected chi connectivity index (χ0v) is 15.3. The number of ether oxygens (including phenoxy) is 1. The van der Waals surface area contributed by atoms with Gasteiger partial charge in [-0.3, -0.25) is 14.5 Å². The number of carbonyl (C=O) groups is 2. The fraction of sp³-hybridized carbons (Fsp3) is 0.368. The summed E-state index contributed by atoms with van der Waals surface area (Å²) in [6, 6.07) is 13.1. The Morgan fingerprint density at radius 1 is 1.08 bits per heavy atom. The van der Waals surface area contributed by atoms with E-state index in [4.69, 9.17) is 4.74 Å². The van der Waals surface area contributed by atoms with Crippen LogP contribution in [0.4, 0.5) is 0 Å². The summed E-state index contributed by atoms with van der Waals surface area (Å²) < 4.78 is 5.43. The lowest BCUT2D eigenvalue weighted by atomic mass is 10.2. The number of nitrogens with one attached hydrogen (secondary N) is 2. The number of rotatable bonds is 7. The first-order valence-corrected chi connectivity index (χ1v) is 9.57. The van der Waals surface area contributed by atoms with Crippen LogP contribution in [0.2, 0.25) is 0 Å². The van der Waals surface area contributed by atoms with Crippen molar-refractivity contribution in [3.8, 4) is 0 Å². The third-order valence-corrected chi connectivity index (χ3v) is 5.27. The molecule has 0 aliphatic carbocycles. The lowest BCUT2D eigenvalue weighted by molar-refractivity contribution is -0.120. The minimum absolute atomic E-state index is 0.0337. The molecule has 7 heteroatoms. The second kappa shape index (κ2) is 9.47. The standard InChI is InChI=1S/C19H23N3O3S/c23-18(14-21-19(24)15-5-2-1-3-6-15)20-13-16(17-7-4-12-26-17)22-8-10-25-11-9-22/h1-7,12,16H,8-11,13-14H2,(H,20,23)(H,21,24). The predicted octanol–water partition coefficient (Wildman–Crippen LogP) is 1.67. The van der Waals surface area contributed by atoms with Gasteiger partial charge in [0.05, 0.1) is 25.8 Å². The number of amides is 2. The average molecular weight is 373 g/mol. The van der Waals surface area contributed by atoms with Gasteiger partial charge in [0, 0.05) is 30.1 Å². The van der Waals surface area contributed by atoms with Gasteiger partial charge in [0.1, 0.15) is 0 Å². The van der Waals surface area contributed by atoms with Crippen molar-refractivity contribution in [1.82, 2.24) is 15.5 Å². The van der Waals surface area contributed by atoms with Crippen LogP contribution in [0.1, 0.15) is 21.3 Å². The lowest BCUT2D eigenvalue weighted by Crippen LogP contribution is -2.45. The van der Waals surface area contributed by atoms with E-state index >= 15 is 0 Å². The lowest BCUT2D eigenvalue weighted by Gasteiger charge is -2.34. The smallest absolute Gasteiger partial charge is 0.251 e. The molecule has 2 amide bonds. The Balaban J connectivity index is 1.50. The van der Waals surface area contributed by atoms with E-state index in [0.29, 0.717) is 25.3 Å². The van der Waals surface area contributed by atoms with Crippen LogP contribution in [0, 0.1) is 0 Å². The molecule has 1 saturated heterocycles. The third kappa shape index (κ3) is 5.14. The van der Waals surface area contributed by atoms with Crippen molar-refractivity contribution < 1.29 is 14.3 Å². The van der Waals surface area contributed by atoms with Crippen LogP contribution in [0.15, 0.2) is 47.8 Å². The molecule has 0 spiro atoms. The van der Waals surface area contributed by atoms with Gasteiger partial charge in [-0.2, -0.15) is 0 Å². The minimum Gasteiger partial charge on any atom is -0.379 e. The van der Waals surface area contributed by atoms with Crippen LogP contribution in [0.3, 0.4) is 0 Å². The second-order valence-electron chi connectivity index (χ2n) is 6.03. The molecule has 2 aromatic rings. The first-order valence-electron chi connectivity index (χ1n) is 8.69. The molecule has 1 atom stereocenters. The second-order valence-corrected chi connectivity index (χ2v) is 7.01. The molecule has 6 nitrogen and oxygen atoms in total. The van der Waals surface area contributed by atoms with E-state index < -0.39 is 0 Å². The maximum Gasteiger partial charge on any atom is 0.251 e. The molecule has 1 aromatic heterocycles. The highest BCUT2D eigenvalue weighted by Crippen LogP contribution is 2.25. The van der Waals surface area contributed by atoms with Crippen LogP contribution in [0.5, 0.6) is 0 Å². The van der Waals surface area contributed by atoms with Gasteiger partial charge in [0.15, 0.2) is 0 Å². The molecule has 1 aromatic carbocycles. The van der Waals surface area contributed by atoms with E-state index in [1.54, 1.807) is 35.6 Å². The number of morpholine rings is 1. The Bertz CT molecular complexity index is 700. The summed E-state index contributed by atoms with van der Waals surface area (Å²) in [5.41, 5.74) is 0.546. The maximum atomic E-state index is 12.2. The number of hydrogen-bond donors (Lipinski definition) is 2. The van der Waals surface area contributed by atoms with Gasteiger partial charge >= 0.3 is 0 Å². The van der Waals surface area contributed by atoms with Crippen LogP contribution in [-0.4, -0.2) is 56.1 Å². The molecule has 0 bridgehead atoms. The van der Waals surface area contributed by atoms with Gasteiger partial charge in [-0.15, -0.1) is 11.3 Å². The van der Waals surface area contributed by atoms with Crippen LogP contribution in [0.25, 0.3) is 0 Å². The van der Waals surface area contributed by atoms with E-state index in [1.807, 2.05) is 17.5 Å². The summed E-state index contributed by atoms with van der Waals surface area (Å²) in [5, 5.41) is 7.65. The van der Waals surface area contributed by atoms with Crippen molar-refractivity contribution in [2.75, 3.05) is 39.4 Å². The summed E-state index contributed by atoms with van der Waals surface area (Å²) >= 11 is 1.69. The Morgan fingerprint density at radius 3 is 2.54 bits per heavy atom. The van der Waals surface area contributed by atoms with Crippen molar-refractivity contribution in [3.63, 3.8) is 0 Å². The summed E-state index contributed by atoms with van der Waals surface area (Å²) in [7, 11) is 0. The first kappa shape index (κ1) is 18.6. The van der Waals surface area contributed by atoms with Crippen molar-refractivity contribution in [2.24, 2.45) is 0 Å². The topological polar surface area (TPSA) is 70.7 Å². The predicted molar refractivity (Wildman–Crippen MR) is 101 cm³/mol. The molecule has 0 saturated carbocycles. The molecule has 2 heterocycles. The van der Waals surface area contributed by atoms with Crippen LogP contribution < -0.4 is 10.6 Å². The van der Waals surface area contributed by atoms with Gasteiger partial charge in [0.2, 0.25) is 5.91 Å². The zero-order valence-electron chi connectivity index (χ0n) is 14.5. The van der Waals surface area contributed by atoms with Crippen LogP contribution >= 0.6 is 11.3 Å². The van der Waals surface area contributed by atoms with Crippen molar-refractivity contribution >= 4 is 23.2 Å². The molecule has 2 N–H and O–H groups in total. The highest BCUT2D eigenvalue weighted by molar-refractivity contribution is 7.10. The normalized spacial score (nSPS) is 16.0. The Morgan fingerprint density at radius 2 is 1.85 bits per heavy atom. The summed E-state index contributed by atoms with van der Waals surface area (Å²) in [5.74, 6) is -0.437. The Hall–Kier alpha value is -2.22. The SMILES string of the molecule is O=C(CNC(=O)c1ccccc1)NCC(c1cccs1)N1CCOCC1. The molecular formula is C19H23N3O3S. The van der Waals surface area contributed by atoms with Crippen molar-refractivity contribution in [2.45, 2.75) is 6.04 Å². The molecule has 1 unspecified atom stereocenters. The molecule has 0 radical (unpaired) electrons. The number of nitrogens with zero attached hydrogens (tertiary/aromatic N) is 1. The molecule has 138 valence electrons. The molecule has 3 rings (SSSR count). The van der Waals surface area contributed by atoms with Gasteiger partial charge in [-0.05, 0) is 23.6 Å². The Labute approximate surface area is 157 Å². The van der Waals surface area contributed by atoms with E-state index in [0.717, 1.165) is 13.1 Å². The molecule has 1 aliphatic heterocycles. The maximum absolute atomic E-state index is 12.2. The molecule has 26 heavy (non-hydrogen) atoms. The number of benzene rings is 1. The van der Waals surface area contributed by atoms with E-state index in [9.17, 15) is 9.59 Å². The molecular weight excluding hydrogens is 350 g/mol. The zero-order chi connectivity index (χ0) is 18.2. The van der Waals surface area contributed by atoms with E-state index in [1.165, 1.54) is 4.88 Å². The van der Waals surface area contributed by atoms with Gasteiger partial charge < -0.3 is 15.4 Å². The quantitative estimate of drug-likeness (QED) is 0.775. The average Bonchev–Trinajstić information content (AvgIpc) is 3.22. The van der Waals surface area contributed by atoms with Gasteiger partial charge in [-0.25, -0.2) is 0 Å². The summed E-state index contributed by atoms with van der Waals surface area (Å²) in [6.07, 6.45) is 0. The molecule has 1 aliphatic rings. The minimum atomic E-state index is -0.247. The van der Waals surface area contributed by atoms with E-state index in [2.05, 4.69) is 21.6 Å². The first-order chi connectivity index (χ1) is 12.7. The van der Waals surface area contributed by atoms with Gasteiger partial charge in [0.25, 0.3) is 5.91 Å². The van der Waals surface area contributed by atoms with Crippen molar-refractivity contribution in [1.29, 1.82) is 0 Å². The van der Waals surface area contributed by atoms with Crippen molar-refractivity contribution in [3.05, 3.63) is 58.3 Å². The monoisotopic (exact) mass is 373 g/mol. The van der Waals surface area contributed by atoms with Crippen LogP contribution in [-0.2, 0) is 9.53 Å². The molecule has 1 fully saturated rings. The highest BCUT2D eigenvalue weighted by atomic mass is 32.1. The number of carbonyl (C=O) groups excluding carboxylic acids is 2. The van der Waals surface area contributed by atoms with Gasteiger partial charge in [-0.1, -0.05) is 24.3 Å². The highest BCUT2D eigenvalue weighted by Gasteiger charge is 2.23. The number of hydrogen-bond acceptors (Lipinski definition) is 5. The fourth-order valence-corrected chi connectivity index (χ4v) is 3.77. The number of thiophene rings is 1. The van der Waals surface area contributed by atoms with E-state index in [-0.39, 0.29) is 24.4 Å². The summed E-state index contributed by atoms with van der Waals surface area (Å²) in [4.78, 5) is 27.7. The summed E-state index contributed by atoms with van der Waals surface area (Å²) in [6.45, 7) is 3.60. The Kier molecular flexibility index (Phi) is 6.76. The largest absolute Gasteiger partial charge is 0.379 e. The fourth-order valence-electron chi connectivity index (χ4n) is 2.90. The third-order valence-electron chi connectivity index (χ3n) is 4.30.